The molecule has 0 saturated carbocycles. The van der Waals surface area contributed by atoms with Gasteiger partial charge >= 0.3 is 5.97 Å². The molecule has 126 valence electrons. The van der Waals surface area contributed by atoms with Crippen LogP contribution in [0.5, 0.6) is 5.75 Å². The van der Waals surface area contributed by atoms with Gasteiger partial charge in [0.05, 0.1) is 10.7 Å². The maximum Gasteiger partial charge on any atom is 0.379 e. The minimum Gasteiger partial charge on any atom is -0.457 e. The van der Waals surface area contributed by atoms with E-state index in [2.05, 4.69) is 15.9 Å². The zero-order chi connectivity index (χ0) is 17.3. The molecule has 0 N–H and O–H groups in total. The Morgan fingerprint density at radius 1 is 1.29 bits per heavy atom. The van der Waals surface area contributed by atoms with E-state index in [4.69, 9.17) is 32.4 Å². The predicted octanol–water partition coefficient (Wildman–Crippen LogP) is 4.34. The molecule has 1 aromatic carbocycles. The lowest BCUT2D eigenvalue weighted by Gasteiger charge is -2.31. The molecule has 3 rings (SSSR count). The van der Waals surface area contributed by atoms with Gasteiger partial charge in [0.1, 0.15) is 5.75 Å². The molecule has 1 aliphatic rings. The number of hydrogen-bond acceptors (Lipinski definition) is 4. The molecule has 2 aromatic rings. The SMILES string of the molecule is O=C(Oc1ccc2c(c1Br)CCCN2C(=O)C(Cl)Cl)c1ccco1. The molecule has 1 aliphatic heterocycles. The molecule has 0 unspecified atom stereocenters. The van der Waals surface area contributed by atoms with Crippen molar-refractivity contribution in [2.24, 2.45) is 0 Å². The van der Waals surface area contributed by atoms with E-state index >= 15 is 0 Å². The van der Waals surface area contributed by atoms with E-state index < -0.39 is 10.8 Å². The van der Waals surface area contributed by atoms with E-state index in [0.29, 0.717) is 22.5 Å². The Morgan fingerprint density at radius 3 is 2.75 bits per heavy atom. The molecule has 1 aromatic heterocycles. The lowest BCUT2D eigenvalue weighted by molar-refractivity contribution is -0.117. The molecule has 5 nitrogen and oxygen atoms in total. The Bertz CT molecular complexity index is 777. The smallest absolute Gasteiger partial charge is 0.379 e. The fourth-order valence-electron chi connectivity index (χ4n) is 2.59. The molecule has 0 bridgehead atoms. The number of alkyl halides is 2. The number of hydrogen-bond donors (Lipinski definition) is 0. The van der Waals surface area contributed by atoms with E-state index in [1.54, 1.807) is 23.1 Å². The van der Waals surface area contributed by atoms with E-state index in [9.17, 15) is 9.59 Å². The van der Waals surface area contributed by atoms with E-state index in [1.165, 1.54) is 12.3 Å². The maximum atomic E-state index is 12.1. The van der Waals surface area contributed by atoms with Crippen LogP contribution in [0.15, 0.2) is 39.4 Å². The average Bonchev–Trinajstić information content (AvgIpc) is 3.11. The van der Waals surface area contributed by atoms with Crippen LogP contribution in [0.25, 0.3) is 0 Å². The first kappa shape index (κ1) is 17.3. The van der Waals surface area contributed by atoms with Gasteiger partial charge in [-0.25, -0.2) is 4.79 Å². The van der Waals surface area contributed by atoms with Crippen molar-refractivity contribution >= 4 is 56.7 Å². The number of fused-ring (bicyclic) bond motifs is 1. The predicted molar refractivity (Wildman–Crippen MR) is 94.0 cm³/mol. The number of benzene rings is 1. The monoisotopic (exact) mass is 431 g/mol. The number of ether oxygens (including phenoxy) is 1. The summed E-state index contributed by atoms with van der Waals surface area (Å²) < 4.78 is 11.0. The van der Waals surface area contributed by atoms with E-state index in [0.717, 1.165) is 18.4 Å². The number of nitrogens with zero attached hydrogens (tertiary/aromatic N) is 1. The van der Waals surface area contributed by atoms with Crippen LogP contribution in [0, 0.1) is 0 Å². The van der Waals surface area contributed by atoms with Crippen LogP contribution >= 0.6 is 39.1 Å². The molecule has 24 heavy (non-hydrogen) atoms. The second kappa shape index (κ2) is 7.17. The maximum absolute atomic E-state index is 12.1. The molecule has 0 spiro atoms. The highest BCUT2D eigenvalue weighted by atomic mass is 79.9. The van der Waals surface area contributed by atoms with Gasteiger partial charge in [0.2, 0.25) is 5.76 Å². The highest BCUT2D eigenvalue weighted by Crippen LogP contribution is 2.39. The van der Waals surface area contributed by atoms with Crippen molar-refractivity contribution in [3.63, 3.8) is 0 Å². The molecular formula is C16H12BrCl2NO4. The fourth-order valence-corrected chi connectivity index (χ4v) is 3.44. The third kappa shape index (κ3) is 3.31. The number of furan rings is 1. The Morgan fingerprint density at radius 2 is 2.08 bits per heavy atom. The first-order valence-electron chi connectivity index (χ1n) is 7.15. The zero-order valence-electron chi connectivity index (χ0n) is 12.3. The number of anilines is 1. The van der Waals surface area contributed by atoms with Gasteiger partial charge in [-0.1, -0.05) is 23.2 Å². The first-order valence-corrected chi connectivity index (χ1v) is 8.82. The normalized spacial score (nSPS) is 13.8. The van der Waals surface area contributed by atoms with Crippen LogP contribution in [0.2, 0.25) is 0 Å². The van der Waals surface area contributed by atoms with Gasteiger partial charge in [-0.05, 0) is 58.6 Å². The fraction of sp³-hybridized carbons (Fsp3) is 0.250. The molecular weight excluding hydrogens is 421 g/mol. The van der Waals surface area contributed by atoms with Crippen molar-refractivity contribution in [2.45, 2.75) is 17.7 Å². The summed E-state index contributed by atoms with van der Waals surface area (Å²) in [5, 5.41) is 0. The van der Waals surface area contributed by atoms with Crippen LogP contribution in [0.4, 0.5) is 5.69 Å². The lowest BCUT2D eigenvalue weighted by Crippen LogP contribution is -2.38. The Kier molecular flexibility index (Phi) is 5.18. The standard InChI is InChI=1S/C16H12BrCl2NO4/c17-13-9-3-1-7-20(15(21)14(18)19)10(9)5-6-11(13)24-16(22)12-4-2-8-23-12/h2,4-6,8,14H,1,3,7H2. The summed E-state index contributed by atoms with van der Waals surface area (Å²) >= 11 is 14.9. The molecule has 0 radical (unpaired) electrons. The average molecular weight is 433 g/mol. The summed E-state index contributed by atoms with van der Waals surface area (Å²) in [5.41, 5.74) is 1.58. The van der Waals surface area contributed by atoms with Gasteiger partial charge < -0.3 is 14.1 Å². The molecule has 0 aliphatic carbocycles. The molecule has 1 amide bonds. The number of carbonyl (C=O) groups excluding carboxylic acids is 2. The summed E-state index contributed by atoms with van der Waals surface area (Å²) in [6, 6.07) is 6.47. The largest absolute Gasteiger partial charge is 0.457 e. The third-order valence-corrected chi connectivity index (χ3v) is 4.90. The third-order valence-electron chi connectivity index (χ3n) is 3.66. The van der Waals surface area contributed by atoms with Gasteiger partial charge in [-0.2, -0.15) is 0 Å². The number of amides is 1. The number of esters is 1. The van der Waals surface area contributed by atoms with Crippen molar-refractivity contribution in [1.82, 2.24) is 0 Å². The van der Waals surface area contributed by atoms with Crippen LogP contribution in [-0.4, -0.2) is 23.3 Å². The zero-order valence-corrected chi connectivity index (χ0v) is 15.4. The van der Waals surface area contributed by atoms with Crippen LogP contribution < -0.4 is 9.64 Å². The number of rotatable bonds is 3. The Balaban J connectivity index is 1.90. The number of halogens is 3. The minimum absolute atomic E-state index is 0.114. The van der Waals surface area contributed by atoms with Crippen molar-refractivity contribution < 1.29 is 18.7 Å². The van der Waals surface area contributed by atoms with Gasteiger partial charge in [0.15, 0.2) is 4.84 Å². The van der Waals surface area contributed by atoms with Gasteiger partial charge in [0, 0.05) is 12.2 Å². The van der Waals surface area contributed by atoms with Crippen molar-refractivity contribution in [3.8, 4) is 5.75 Å². The highest BCUT2D eigenvalue weighted by Gasteiger charge is 2.29. The van der Waals surface area contributed by atoms with E-state index in [1.807, 2.05) is 0 Å². The lowest BCUT2D eigenvalue weighted by atomic mass is 10.0. The quantitative estimate of drug-likeness (QED) is 0.411. The molecule has 0 fully saturated rings. The Labute approximate surface area is 156 Å². The van der Waals surface area contributed by atoms with Crippen LogP contribution in [-0.2, 0) is 11.2 Å². The first-order chi connectivity index (χ1) is 11.5. The van der Waals surface area contributed by atoms with Gasteiger partial charge in [0.25, 0.3) is 5.91 Å². The second-order valence-electron chi connectivity index (χ2n) is 5.14. The minimum atomic E-state index is -1.12. The molecule has 0 saturated heterocycles. The van der Waals surface area contributed by atoms with Crippen molar-refractivity contribution in [1.29, 1.82) is 0 Å². The van der Waals surface area contributed by atoms with Crippen LogP contribution in [0.3, 0.4) is 0 Å². The molecule has 2 heterocycles. The topological polar surface area (TPSA) is 59.8 Å². The highest BCUT2D eigenvalue weighted by molar-refractivity contribution is 9.10. The van der Waals surface area contributed by atoms with E-state index in [-0.39, 0.29) is 11.7 Å². The van der Waals surface area contributed by atoms with Gasteiger partial charge in [-0.3, -0.25) is 4.79 Å². The summed E-state index contributed by atoms with van der Waals surface area (Å²) in [7, 11) is 0. The summed E-state index contributed by atoms with van der Waals surface area (Å²) in [6.07, 6.45) is 2.89. The molecule has 8 heteroatoms. The Hall–Kier alpha value is -1.50. The second-order valence-corrected chi connectivity index (χ2v) is 7.03. The summed E-state index contributed by atoms with van der Waals surface area (Å²) in [6.45, 7) is 0.541. The van der Waals surface area contributed by atoms with Gasteiger partial charge in [-0.15, -0.1) is 0 Å². The van der Waals surface area contributed by atoms with Crippen molar-refractivity contribution in [3.05, 3.63) is 46.3 Å². The summed E-state index contributed by atoms with van der Waals surface area (Å²) in [5.74, 6) is -0.487. The van der Waals surface area contributed by atoms with Crippen LogP contribution in [0.1, 0.15) is 22.5 Å². The molecule has 0 atom stereocenters. The summed E-state index contributed by atoms with van der Waals surface area (Å²) in [4.78, 5) is 24.6. The number of carbonyl (C=O) groups is 2. The van der Waals surface area contributed by atoms with Crippen molar-refractivity contribution in [2.75, 3.05) is 11.4 Å².